The number of aromatic amines is 1. The van der Waals surface area contributed by atoms with Gasteiger partial charge in [0.15, 0.2) is 0 Å². The normalized spacial score (nSPS) is 10.2. The minimum Gasteiger partial charge on any atom is -0.466 e. The highest BCUT2D eigenvalue weighted by Crippen LogP contribution is 2.09. The molecular weight excluding hydrogens is 242 g/mol. The number of ether oxygens (including phenoxy) is 1. The molecule has 0 aromatic carbocycles. The van der Waals surface area contributed by atoms with Gasteiger partial charge in [0.1, 0.15) is 0 Å². The van der Waals surface area contributed by atoms with Gasteiger partial charge in [-0.1, -0.05) is 0 Å². The van der Waals surface area contributed by atoms with Gasteiger partial charge in [-0.15, -0.1) is 16.4 Å². The van der Waals surface area contributed by atoms with Gasteiger partial charge in [0, 0.05) is 5.38 Å². The molecule has 1 amide bonds. The van der Waals surface area contributed by atoms with Crippen molar-refractivity contribution in [2.45, 2.75) is 13.3 Å². The van der Waals surface area contributed by atoms with Gasteiger partial charge in [-0.2, -0.15) is 4.98 Å². The maximum absolute atomic E-state index is 11.6. The third kappa shape index (κ3) is 3.00. The van der Waals surface area contributed by atoms with E-state index in [-0.39, 0.29) is 24.3 Å². The first kappa shape index (κ1) is 11.5. The molecule has 7 nitrogen and oxygen atoms in total. The molecule has 90 valence electrons. The second kappa shape index (κ2) is 4.91. The van der Waals surface area contributed by atoms with E-state index in [1.54, 1.807) is 0 Å². The van der Waals surface area contributed by atoms with E-state index in [1.807, 2.05) is 12.3 Å². The Morgan fingerprint density at radius 1 is 1.59 bits per heavy atom. The molecular formula is C9H11N5O2S. The van der Waals surface area contributed by atoms with Crippen molar-refractivity contribution >= 4 is 23.2 Å². The van der Waals surface area contributed by atoms with Crippen LogP contribution >= 0.6 is 11.3 Å². The predicted octanol–water partition coefficient (Wildman–Crippen LogP) is 0.759. The summed E-state index contributed by atoms with van der Waals surface area (Å²) in [5.41, 5.74) is 0.747. The van der Waals surface area contributed by atoms with Crippen molar-refractivity contribution in [1.82, 2.24) is 20.2 Å². The van der Waals surface area contributed by atoms with Gasteiger partial charge >= 0.3 is 6.01 Å². The van der Waals surface area contributed by atoms with Gasteiger partial charge in [-0.3, -0.25) is 10.1 Å². The summed E-state index contributed by atoms with van der Waals surface area (Å²) in [6.45, 7) is 1.90. The van der Waals surface area contributed by atoms with Crippen LogP contribution in [-0.4, -0.2) is 33.2 Å². The Morgan fingerprint density at radius 3 is 3.00 bits per heavy atom. The van der Waals surface area contributed by atoms with Crippen molar-refractivity contribution in [3.63, 3.8) is 0 Å². The zero-order chi connectivity index (χ0) is 12.3. The third-order valence-corrected chi connectivity index (χ3v) is 2.74. The number of anilines is 1. The van der Waals surface area contributed by atoms with Gasteiger partial charge in [-0.05, 0) is 6.92 Å². The van der Waals surface area contributed by atoms with E-state index in [0.717, 1.165) is 10.7 Å². The second-order valence-corrected chi connectivity index (χ2v) is 4.32. The summed E-state index contributed by atoms with van der Waals surface area (Å²) in [4.78, 5) is 19.7. The molecule has 0 aliphatic carbocycles. The number of carbonyl (C=O) groups is 1. The van der Waals surface area contributed by atoms with Crippen LogP contribution in [0, 0.1) is 6.92 Å². The highest BCUT2D eigenvalue weighted by atomic mass is 32.1. The Bertz CT molecular complexity index is 521. The fraction of sp³-hybridized carbons (Fsp3) is 0.333. The fourth-order valence-corrected chi connectivity index (χ4v) is 1.84. The molecule has 8 heteroatoms. The molecule has 0 radical (unpaired) electrons. The van der Waals surface area contributed by atoms with Crippen molar-refractivity contribution in [2.75, 3.05) is 12.4 Å². The molecule has 17 heavy (non-hydrogen) atoms. The number of methoxy groups -OCH3 is 1. The quantitative estimate of drug-likeness (QED) is 0.839. The van der Waals surface area contributed by atoms with Gasteiger partial charge < -0.3 is 4.74 Å². The van der Waals surface area contributed by atoms with Gasteiger partial charge in [-0.25, -0.2) is 10.1 Å². The summed E-state index contributed by atoms with van der Waals surface area (Å²) in [6.07, 6.45) is 0.216. The number of rotatable bonds is 4. The third-order valence-electron chi connectivity index (χ3n) is 1.91. The van der Waals surface area contributed by atoms with Crippen molar-refractivity contribution in [3.8, 4) is 6.01 Å². The first-order valence-electron chi connectivity index (χ1n) is 4.84. The van der Waals surface area contributed by atoms with E-state index in [0.29, 0.717) is 0 Å². The van der Waals surface area contributed by atoms with Gasteiger partial charge in [0.2, 0.25) is 11.9 Å². The Balaban J connectivity index is 1.93. The van der Waals surface area contributed by atoms with Crippen molar-refractivity contribution in [1.29, 1.82) is 0 Å². The van der Waals surface area contributed by atoms with Gasteiger partial charge in [0.25, 0.3) is 0 Å². The highest BCUT2D eigenvalue weighted by molar-refractivity contribution is 7.09. The van der Waals surface area contributed by atoms with E-state index in [2.05, 4.69) is 25.5 Å². The van der Waals surface area contributed by atoms with Crippen LogP contribution < -0.4 is 10.1 Å². The fourth-order valence-electron chi connectivity index (χ4n) is 1.22. The lowest BCUT2D eigenvalue weighted by molar-refractivity contribution is -0.115. The molecule has 0 saturated carbocycles. The van der Waals surface area contributed by atoms with E-state index in [9.17, 15) is 4.79 Å². The average Bonchev–Trinajstić information content (AvgIpc) is 2.88. The summed E-state index contributed by atoms with van der Waals surface area (Å²) in [5, 5.41) is 11.6. The highest BCUT2D eigenvalue weighted by Gasteiger charge is 2.09. The molecule has 0 bridgehead atoms. The number of nitrogens with zero attached hydrogens (tertiary/aromatic N) is 3. The van der Waals surface area contributed by atoms with Crippen molar-refractivity contribution < 1.29 is 9.53 Å². The molecule has 2 aromatic rings. The van der Waals surface area contributed by atoms with Crippen LogP contribution in [0.2, 0.25) is 0 Å². The van der Waals surface area contributed by atoms with E-state index < -0.39 is 0 Å². The summed E-state index contributed by atoms with van der Waals surface area (Å²) < 4.78 is 4.78. The lowest BCUT2D eigenvalue weighted by Gasteiger charge is -1.98. The molecule has 0 unspecified atom stereocenters. The SMILES string of the molecule is COc1n[nH]c(NC(=O)Cc2csc(C)n2)n1. The Morgan fingerprint density at radius 2 is 2.41 bits per heavy atom. The standard InChI is InChI=1S/C9H11N5O2S/c1-5-10-6(4-17-5)3-7(15)11-8-12-9(16-2)14-13-8/h4H,3H2,1-2H3,(H2,11,12,13,14,15). The lowest BCUT2D eigenvalue weighted by Crippen LogP contribution is -2.15. The topological polar surface area (TPSA) is 92.8 Å². The number of hydrogen-bond acceptors (Lipinski definition) is 6. The zero-order valence-corrected chi connectivity index (χ0v) is 10.2. The first-order chi connectivity index (χ1) is 8.17. The summed E-state index contributed by atoms with van der Waals surface area (Å²) in [5.74, 6) is 0.0629. The molecule has 0 saturated heterocycles. The van der Waals surface area contributed by atoms with Crippen LogP contribution in [0.15, 0.2) is 5.38 Å². The number of carbonyl (C=O) groups excluding carboxylic acids is 1. The number of amides is 1. The number of hydrogen-bond donors (Lipinski definition) is 2. The molecule has 0 fully saturated rings. The average molecular weight is 253 g/mol. The van der Waals surface area contributed by atoms with Gasteiger partial charge in [0.05, 0.1) is 24.2 Å². The second-order valence-electron chi connectivity index (χ2n) is 3.25. The number of aryl methyl sites for hydroxylation is 1. The number of H-pyrrole nitrogens is 1. The van der Waals surface area contributed by atoms with Crippen LogP contribution in [0.3, 0.4) is 0 Å². The molecule has 2 N–H and O–H groups in total. The smallest absolute Gasteiger partial charge is 0.336 e. The molecule has 0 spiro atoms. The van der Waals surface area contributed by atoms with E-state index in [1.165, 1.54) is 18.4 Å². The molecule has 2 aromatic heterocycles. The Labute approximate surface area is 101 Å². The molecule has 0 aliphatic heterocycles. The summed E-state index contributed by atoms with van der Waals surface area (Å²) >= 11 is 1.51. The van der Waals surface area contributed by atoms with Crippen LogP contribution in [0.1, 0.15) is 10.7 Å². The van der Waals surface area contributed by atoms with Crippen LogP contribution in [0.25, 0.3) is 0 Å². The number of aromatic nitrogens is 4. The molecule has 2 heterocycles. The minimum atomic E-state index is -0.200. The Kier molecular flexibility index (Phi) is 3.33. The summed E-state index contributed by atoms with van der Waals surface area (Å²) in [6, 6.07) is 0.185. The molecule has 2 rings (SSSR count). The first-order valence-corrected chi connectivity index (χ1v) is 5.72. The largest absolute Gasteiger partial charge is 0.466 e. The predicted molar refractivity (Wildman–Crippen MR) is 62.1 cm³/mol. The van der Waals surface area contributed by atoms with Crippen LogP contribution in [0.4, 0.5) is 5.95 Å². The lowest BCUT2D eigenvalue weighted by atomic mass is 10.3. The number of thiazole rings is 1. The maximum atomic E-state index is 11.6. The summed E-state index contributed by atoms with van der Waals surface area (Å²) in [7, 11) is 1.45. The minimum absolute atomic E-state index is 0.185. The van der Waals surface area contributed by atoms with E-state index >= 15 is 0 Å². The van der Waals surface area contributed by atoms with E-state index in [4.69, 9.17) is 4.74 Å². The van der Waals surface area contributed by atoms with Crippen LogP contribution in [0.5, 0.6) is 6.01 Å². The van der Waals surface area contributed by atoms with Crippen LogP contribution in [-0.2, 0) is 11.2 Å². The molecule has 0 aliphatic rings. The monoisotopic (exact) mass is 253 g/mol. The molecule has 0 atom stereocenters. The van der Waals surface area contributed by atoms with Crippen molar-refractivity contribution in [2.24, 2.45) is 0 Å². The zero-order valence-electron chi connectivity index (χ0n) is 9.35. The van der Waals surface area contributed by atoms with Crippen molar-refractivity contribution in [3.05, 3.63) is 16.1 Å². The maximum Gasteiger partial charge on any atom is 0.336 e. The Hall–Kier alpha value is -1.96. The number of nitrogens with one attached hydrogen (secondary N) is 2.